The SMILES string of the molecule is Cc1cc(-c2cc(CO)c(=O)n(CCCc3ccc(Cl)cc3)n2)ccc1F. The molecule has 2 aromatic carbocycles. The van der Waals surface area contributed by atoms with Crippen LogP contribution >= 0.6 is 11.6 Å². The zero-order valence-electron chi connectivity index (χ0n) is 15.0. The van der Waals surface area contributed by atoms with Gasteiger partial charge in [0.05, 0.1) is 12.3 Å². The van der Waals surface area contributed by atoms with Crippen molar-refractivity contribution in [1.29, 1.82) is 0 Å². The molecule has 0 fully saturated rings. The molecule has 0 spiro atoms. The van der Waals surface area contributed by atoms with E-state index in [1.807, 2.05) is 24.3 Å². The molecule has 140 valence electrons. The number of rotatable bonds is 6. The van der Waals surface area contributed by atoms with E-state index in [0.717, 1.165) is 12.0 Å². The first-order valence-electron chi connectivity index (χ1n) is 8.71. The summed E-state index contributed by atoms with van der Waals surface area (Å²) >= 11 is 5.89. The summed E-state index contributed by atoms with van der Waals surface area (Å²) in [6.45, 7) is 1.72. The molecule has 1 heterocycles. The summed E-state index contributed by atoms with van der Waals surface area (Å²) in [5.74, 6) is -0.294. The first-order valence-corrected chi connectivity index (χ1v) is 9.08. The molecule has 4 nitrogen and oxygen atoms in total. The van der Waals surface area contributed by atoms with Gasteiger partial charge >= 0.3 is 0 Å². The van der Waals surface area contributed by atoms with Crippen molar-refractivity contribution in [3.05, 3.63) is 86.4 Å². The van der Waals surface area contributed by atoms with Gasteiger partial charge in [-0.1, -0.05) is 23.7 Å². The quantitative estimate of drug-likeness (QED) is 0.692. The summed E-state index contributed by atoms with van der Waals surface area (Å²) in [5, 5.41) is 14.6. The molecule has 0 amide bonds. The van der Waals surface area contributed by atoms with Crippen LogP contribution in [-0.4, -0.2) is 14.9 Å². The maximum absolute atomic E-state index is 13.5. The average Bonchev–Trinajstić information content (AvgIpc) is 2.67. The van der Waals surface area contributed by atoms with Crippen molar-refractivity contribution < 1.29 is 9.50 Å². The zero-order chi connectivity index (χ0) is 19.4. The number of aromatic nitrogens is 2. The fraction of sp³-hybridized carbons (Fsp3) is 0.238. The summed E-state index contributed by atoms with van der Waals surface area (Å²) < 4.78 is 14.9. The number of benzene rings is 2. The Bertz CT molecular complexity index is 1000. The number of hydrogen-bond acceptors (Lipinski definition) is 3. The number of aliphatic hydroxyl groups excluding tert-OH is 1. The van der Waals surface area contributed by atoms with E-state index in [9.17, 15) is 14.3 Å². The molecule has 0 aliphatic carbocycles. The first-order chi connectivity index (χ1) is 13.0. The van der Waals surface area contributed by atoms with Crippen LogP contribution in [0.15, 0.2) is 53.3 Å². The maximum atomic E-state index is 13.5. The van der Waals surface area contributed by atoms with Crippen LogP contribution < -0.4 is 5.56 Å². The van der Waals surface area contributed by atoms with E-state index in [4.69, 9.17) is 11.6 Å². The van der Waals surface area contributed by atoms with Gasteiger partial charge in [-0.05, 0) is 67.3 Å². The number of halogens is 2. The van der Waals surface area contributed by atoms with Crippen LogP contribution in [0.25, 0.3) is 11.3 Å². The molecule has 3 aromatic rings. The van der Waals surface area contributed by atoms with E-state index in [1.54, 1.807) is 25.1 Å². The smallest absolute Gasteiger partial charge is 0.272 e. The van der Waals surface area contributed by atoms with E-state index in [0.29, 0.717) is 34.8 Å². The van der Waals surface area contributed by atoms with Gasteiger partial charge < -0.3 is 5.11 Å². The highest BCUT2D eigenvalue weighted by molar-refractivity contribution is 6.30. The Morgan fingerprint density at radius 3 is 2.56 bits per heavy atom. The van der Waals surface area contributed by atoms with E-state index in [1.165, 1.54) is 10.7 Å². The minimum Gasteiger partial charge on any atom is -0.391 e. The predicted molar refractivity (Wildman–Crippen MR) is 104 cm³/mol. The maximum Gasteiger partial charge on any atom is 0.272 e. The predicted octanol–water partition coefficient (Wildman–Crippen LogP) is 4.14. The fourth-order valence-corrected chi connectivity index (χ4v) is 3.02. The van der Waals surface area contributed by atoms with Crippen LogP contribution in [-0.2, 0) is 19.6 Å². The minimum absolute atomic E-state index is 0.272. The topological polar surface area (TPSA) is 55.1 Å². The molecule has 0 saturated heterocycles. The van der Waals surface area contributed by atoms with Gasteiger partial charge in [-0.2, -0.15) is 5.10 Å². The van der Waals surface area contributed by atoms with Gasteiger partial charge in [-0.15, -0.1) is 0 Å². The molecule has 0 aliphatic rings. The number of hydrogen-bond donors (Lipinski definition) is 1. The Labute approximate surface area is 161 Å². The first kappa shape index (κ1) is 19.3. The highest BCUT2D eigenvalue weighted by atomic mass is 35.5. The van der Waals surface area contributed by atoms with Gasteiger partial charge in [0.2, 0.25) is 0 Å². The molecular weight excluding hydrogens is 367 g/mol. The molecule has 1 N–H and O–H groups in total. The van der Waals surface area contributed by atoms with Gasteiger partial charge in [0.1, 0.15) is 5.82 Å². The van der Waals surface area contributed by atoms with E-state index in [-0.39, 0.29) is 23.5 Å². The lowest BCUT2D eigenvalue weighted by Crippen LogP contribution is -2.27. The summed E-state index contributed by atoms with van der Waals surface area (Å²) in [7, 11) is 0. The Kier molecular flexibility index (Phi) is 6.04. The molecule has 3 rings (SSSR count). The third kappa shape index (κ3) is 4.62. The molecule has 0 unspecified atom stereocenters. The number of aryl methyl sites for hydroxylation is 3. The normalized spacial score (nSPS) is 11.0. The lowest BCUT2D eigenvalue weighted by Gasteiger charge is -2.11. The Morgan fingerprint density at radius 1 is 1.15 bits per heavy atom. The summed E-state index contributed by atoms with van der Waals surface area (Å²) in [6, 6.07) is 13.8. The van der Waals surface area contributed by atoms with Crippen LogP contribution in [0.4, 0.5) is 4.39 Å². The van der Waals surface area contributed by atoms with E-state index < -0.39 is 0 Å². The third-order valence-corrected chi connectivity index (χ3v) is 4.67. The Morgan fingerprint density at radius 2 is 1.89 bits per heavy atom. The Hall–Kier alpha value is -2.50. The fourth-order valence-electron chi connectivity index (χ4n) is 2.89. The van der Waals surface area contributed by atoms with Crippen LogP contribution in [0.1, 0.15) is 23.1 Å². The van der Waals surface area contributed by atoms with Gasteiger partial charge in [-0.25, -0.2) is 9.07 Å². The molecule has 1 aromatic heterocycles. The molecule has 0 radical (unpaired) electrons. The molecule has 0 atom stereocenters. The van der Waals surface area contributed by atoms with Crippen molar-refractivity contribution in [3.63, 3.8) is 0 Å². The van der Waals surface area contributed by atoms with Gasteiger partial charge in [0.25, 0.3) is 5.56 Å². The van der Waals surface area contributed by atoms with Gasteiger partial charge in [0.15, 0.2) is 0 Å². The standard InChI is InChI=1S/C21H20ClFN2O2/c1-14-11-16(6-9-19(14)23)20-12-17(13-26)21(27)25(24-20)10-2-3-15-4-7-18(22)8-5-15/h4-9,11-12,26H,2-3,10,13H2,1H3. The average molecular weight is 387 g/mol. The highest BCUT2D eigenvalue weighted by Gasteiger charge is 2.11. The monoisotopic (exact) mass is 386 g/mol. The van der Waals surface area contributed by atoms with Crippen molar-refractivity contribution in [2.45, 2.75) is 32.9 Å². The van der Waals surface area contributed by atoms with Crippen molar-refractivity contribution in [2.75, 3.05) is 0 Å². The van der Waals surface area contributed by atoms with E-state index in [2.05, 4.69) is 5.10 Å². The largest absolute Gasteiger partial charge is 0.391 e. The molecule has 0 aliphatic heterocycles. The van der Waals surface area contributed by atoms with Crippen LogP contribution in [0.2, 0.25) is 5.02 Å². The summed E-state index contributed by atoms with van der Waals surface area (Å²) in [4.78, 5) is 12.5. The second-order valence-electron chi connectivity index (χ2n) is 6.44. The molecule has 0 saturated carbocycles. The van der Waals surface area contributed by atoms with Crippen molar-refractivity contribution in [2.24, 2.45) is 0 Å². The molecule has 0 bridgehead atoms. The molecular formula is C21H20ClFN2O2. The van der Waals surface area contributed by atoms with E-state index >= 15 is 0 Å². The highest BCUT2D eigenvalue weighted by Crippen LogP contribution is 2.20. The van der Waals surface area contributed by atoms with Crippen LogP contribution in [0.3, 0.4) is 0 Å². The lowest BCUT2D eigenvalue weighted by molar-refractivity contribution is 0.278. The van der Waals surface area contributed by atoms with Gasteiger partial charge in [-0.3, -0.25) is 4.79 Å². The van der Waals surface area contributed by atoms with Crippen molar-refractivity contribution in [3.8, 4) is 11.3 Å². The summed E-state index contributed by atoms with van der Waals surface area (Å²) in [5.41, 5.74) is 2.83. The Balaban J connectivity index is 1.84. The molecule has 27 heavy (non-hydrogen) atoms. The van der Waals surface area contributed by atoms with Crippen LogP contribution in [0, 0.1) is 12.7 Å². The second kappa shape index (κ2) is 8.46. The van der Waals surface area contributed by atoms with Crippen molar-refractivity contribution in [1.82, 2.24) is 9.78 Å². The number of aliphatic hydroxyl groups is 1. The second-order valence-corrected chi connectivity index (χ2v) is 6.87. The summed E-state index contributed by atoms with van der Waals surface area (Å²) in [6.07, 6.45) is 1.49. The number of nitrogens with zero attached hydrogens (tertiary/aromatic N) is 2. The lowest BCUT2D eigenvalue weighted by atomic mass is 10.1. The zero-order valence-corrected chi connectivity index (χ0v) is 15.7. The third-order valence-electron chi connectivity index (χ3n) is 4.42. The minimum atomic E-state index is -0.369. The molecule has 6 heteroatoms. The van der Waals surface area contributed by atoms with Crippen LogP contribution in [0.5, 0.6) is 0 Å². The van der Waals surface area contributed by atoms with Gasteiger partial charge in [0, 0.05) is 22.7 Å². The van der Waals surface area contributed by atoms with Crippen molar-refractivity contribution >= 4 is 11.6 Å².